The summed E-state index contributed by atoms with van der Waals surface area (Å²) in [4.78, 5) is 2.55. The molecule has 0 spiro atoms. The first-order valence-corrected chi connectivity index (χ1v) is 10.6. The molecular formula is C23H30N4O2. The summed E-state index contributed by atoms with van der Waals surface area (Å²) < 4.78 is 13.0. The zero-order valence-corrected chi connectivity index (χ0v) is 17.6. The van der Waals surface area contributed by atoms with Gasteiger partial charge in [0.25, 0.3) is 0 Å². The van der Waals surface area contributed by atoms with E-state index in [4.69, 9.17) is 9.26 Å². The lowest BCUT2D eigenvalue weighted by Crippen LogP contribution is -2.28. The van der Waals surface area contributed by atoms with Crippen LogP contribution in [0.15, 0.2) is 41.1 Å². The van der Waals surface area contributed by atoms with E-state index in [1.54, 1.807) is 7.11 Å². The molecule has 1 aliphatic heterocycles. The van der Waals surface area contributed by atoms with E-state index in [-0.39, 0.29) is 6.04 Å². The van der Waals surface area contributed by atoms with Gasteiger partial charge in [0, 0.05) is 36.0 Å². The third kappa shape index (κ3) is 4.22. The number of nitrogens with zero attached hydrogens (tertiary/aromatic N) is 4. The summed E-state index contributed by atoms with van der Waals surface area (Å²) in [6.07, 6.45) is 6.84. The predicted molar refractivity (Wildman–Crippen MR) is 113 cm³/mol. The molecule has 0 aliphatic carbocycles. The molecule has 0 radical (unpaired) electrons. The van der Waals surface area contributed by atoms with E-state index in [9.17, 15) is 0 Å². The maximum absolute atomic E-state index is 5.73. The van der Waals surface area contributed by atoms with E-state index >= 15 is 0 Å². The second-order valence-electron chi connectivity index (χ2n) is 7.75. The van der Waals surface area contributed by atoms with Gasteiger partial charge in [0.1, 0.15) is 11.4 Å². The van der Waals surface area contributed by atoms with Gasteiger partial charge in [0.05, 0.1) is 19.3 Å². The van der Waals surface area contributed by atoms with Gasteiger partial charge >= 0.3 is 0 Å². The van der Waals surface area contributed by atoms with Crippen LogP contribution in [0, 0.1) is 6.92 Å². The minimum Gasteiger partial charge on any atom is -0.497 e. The van der Waals surface area contributed by atoms with E-state index in [1.807, 2.05) is 30.5 Å². The molecule has 0 amide bonds. The average molecular weight is 395 g/mol. The lowest BCUT2D eigenvalue weighted by molar-refractivity contribution is 0.183. The molecule has 0 bridgehead atoms. The average Bonchev–Trinajstić information content (AvgIpc) is 3.30. The molecule has 3 heterocycles. The molecule has 1 atom stereocenters. The predicted octanol–water partition coefficient (Wildman–Crippen LogP) is 4.99. The van der Waals surface area contributed by atoms with E-state index in [2.05, 4.69) is 39.8 Å². The minimum atomic E-state index is 0.276. The molecule has 3 aromatic rings. The van der Waals surface area contributed by atoms with Crippen LogP contribution in [0.2, 0.25) is 0 Å². The Kier molecular flexibility index (Phi) is 6.00. The number of likely N-dealkylation sites (tertiary alicyclic amines) is 1. The topological polar surface area (TPSA) is 56.3 Å². The Bertz CT molecular complexity index is 929. The first kappa shape index (κ1) is 19.7. The Morgan fingerprint density at radius 2 is 2.00 bits per heavy atom. The van der Waals surface area contributed by atoms with Crippen LogP contribution in [-0.2, 0) is 13.1 Å². The smallest absolute Gasteiger partial charge is 0.167 e. The largest absolute Gasteiger partial charge is 0.497 e. The van der Waals surface area contributed by atoms with Gasteiger partial charge in [-0.25, -0.2) is 0 Å². The van der Waals surface area contributed by atoms with Crippen LogP contribution in [0.4, 0.5) is 0 Å². The molecular weight excluding hydrogens is 364 g/mol. The number of methoxy groups -OCH3 is 1. The second-order valence-corrected chi connectivity index (χ2v) is 7.75. The van der Waals surface area contributed by atoms with Gasteiger partial charge in [0.15, 0.2) is 5.76 Å². The van der Waals surface area contributed by atoms with Gasteiger partial charge in [-0.2, -0.15) is 5.10 Å². The molecule has 4 rings (SSSR count). The van der Waals surface area contributed by atoms with Crippen molar-refractivity contribution in [1.82, 2.24) is 19.8 Å². The zero-order valence-electron chi connectivity index (χ0n) is 17.6. The van der Waals surface area contributed by atoms with E-state index < -0.39 is 0 Å². The SMILES string of the molecule is CCn1ncc(CN2CCCCC[C@H]2c2cc(-c3ccc(OC)cc3)on2)c1C. The molecule has 154 valence electrons. The van der Waals surface area contributed by atoms with Gasteiger partial charge in [-0.05, 0) is 57.5 Å². The van der Waals surface area contributed by atoms with E-state index in [1.165, 1.54) is 30.5 Å². The minimum absolute atomic E-state index is 0.276. The van der Waals surface area contributed by atoms with Crippen LogP contribution in [0.3, 0.4) is 0 Å². The first-order chi connectivity index (χ1) is 14.2. The molecule has 29 heavy (non-hydrogen) atoms. The lowest BCUT2D eigenvalue weighted by atomic mass is 10.0. The van der Waals surface area contributed by atoms with Crippen LogP contribution in [0.25, 0.3) is 11.3 Å². The summed E-state index contributed by atoms with van der Waals surface area (Å²) in [6, 6.07) is 10.3. The summed E-state index contributed by atoms with van der Waals surface area (Å²) in [6.45, 7) is 7.18. The van der Waals surface area contributed by atoms with E-state index in [0.29, 0.717) is 0 Å². The highest BCUT2D eigenvalue weighted by Crippen LogP contribution is 2.33. The summed E-state index contributed by atoms with van der Waals surface area (Å²) >= 11 is 0. The summed E-state index contributed by atoms with van der Waals surface area (Å²) in [5.74, 6) is 1.65. The Hall–Kier alpha value is -2.60. The van der Waals surface area contributed by atoms with Crippen LogP contribution >= 0.6 is 0 Å². The van der Waals surface area contributed by atoms with Crippen molar-refractivity contribution in [2.45, 2.75) is 58.7 Å². The molecule has 0 N–H and O–H groups in total. The Labute approximate surface area is 172 Å². The molecule has 2 aromatic heterocycles. The van der Waals surface area contributed by atoms with E-state index in [0.717, 1.165) is 48.8 Å². The number of hydrogen-bond acceptors (Lipinski definition) is 5. The number of rotatable bonds is 6. The van der Waals surface area contributed by atoms with Gasteiger partial charge < -0.3 is 9.26 Å². The van der Waals surface area contributed by atoms with Crippen molar-refractivity contribution in [2.24, 2.45) is 0 Å². The zero-order chi connectivity index (χ0) is 20.2. The molecule has 1 aromatic carbocycles. The molecule has 0 saturated carbocycles. The van der Waals surface area contributed by atoms with Crippen LogP contribution in [-0.4, -0.2) is 33.5 Å². The third-order valence-electron chi connectivity index (χ3n) is 5.99. The molecule has 1 saturated heterocycles. The summed E-state index contributed by atoms with van der Waals surface area (Å²) in [5, 5.41) is 8.99. The van der Waals surface area contributed by atoms with Crippen LogP contribution in [0.1, 0.15) is 55.6 Å². The van der Waals surface area contributed by atoms with Gasteiger partial charge in [0.2, 0.25) is 0 Å². The third-order valence-corrected chi connectivity index (χ3v) is 5.99. The normalized spacial score (nSPS) is 18.0. The van der Waals surface area contributed by atoms with Crippen molar-refractivity contribution in [1.29, 1.82) is 0 Å². The molecule has 1 aliphatic rings. The van der Waals surface area contributed by atoms with Crippen molar-refractivity contribution >= 4 is 0 Å². The maximum Gasteiger partial charge on any atom is 0.167 e. The summed E-state index contributed by atoms with van der Waals surface area (Å²) in [7, 11) is 1.67. The lowest BCUT2D eigenvalue weighted by Gasteiger charge is -2.28. The Balaban J connectivity index is 1.57. The fraction of sp³-hybridized carbons (Fsp3) is 0.478. The quantitative estimate of drug-likeness (QED) is 0.589. The summed E-state index contributed by atoms with van der Waals surface area (Å²) in [5.41, 5.74) is 4.61. The molecule has 0 unspecified atom stereocenters. The Morgan fingerprint density at radius 1 is 1.17 bits per heavy atom. The van der Waals surface area contributed by atoms with Crippen molar-refractivity contribution in [3.05, 3.63) is 53.5 Å². The van der Waals surface area contributed by atoms with Crippen molar-refractivity contribution in [3.63, 3.8) is 0 Å². The van der Waals surface area contributed by atoms with Crippen molar-refractivity contribution in [2.75, 3.05) is 13.7 Å². The fourth-order valence-electron chi connectivity index (χ4n) is 4.21. The van der Waals surface area contributed by atoms with Crippen LogP contribution in [0.5, 0.6) is 5.75 Å². The monoisotopic (exact) mass is 394 g/mol. The number of ether oxygens (including phenoxy) is 1. The standard InChI is InChI=1S/C23H30N4O2/c1-4-27-17(2)19(15-24-27)16-26-13-7-5-6-8-22(26)21-14-23(29-25-21)18-9-11-20(28-3)12-10-18/h9-12,14-15,22H,4-8,13,16H2,1-3H3/t22-/m0/s1. The number of hydrogen-bond donors (Lipinski definition) is 0. The van der Waals surface area contributed by atoms with Gasteiger partial charge in [-0.1, -0.05) is 18.0 Å². The van der Waals surface area contributed by atoms with Crippen LogP contribution < -0.4 is 4.74 Å². The van der Waals surface area contributed by atoms with Crippen molar-refractivity contribution in [3.8, 4) is 17.1 Å². The second kappa shape index (κ2) is 8.82. The molecule has 6 nitrogen and oxygen atoms in total. The molecule has 1 fully saturated rings. The number of aryl methyl sites for hydroxylation is 1. The van der Waals surface area contributed by atoms with Crippen molar-refractivity contribution < 1.29 is 9.26 Å². The first-order valence-electron chi connectivity index (χ1n) is 10.6. The maximum atomic E-state index is 5.73. The van der Waals surface area contributed by atoms with Gasteiger partial charge in [-0.3, -0.25) is 9.58 Å². The van der Waals surface area contributed by atoms with Gasteiger partial charge in [-0.15, -0.1) is 0 Å². The highest BCUT2D eigenvalue weighted by Gasteiger charge is 2.27. The number of aromatic nitrogens is 3. The Morgan fingerprint density at radius 3 is 2.72 bits per heavy atom. The fourth-order valence-corrected chi connectivity index (χ4v) is 4.21. The highest BCUT2D eigenvalue weighted by molar-refractivity contribution is 5.58. The highest BCUT2D eigenvalue weighted by atomic mass is 16.5. The molecule has 6 heteroatoms. The number of benzene rings is 1.